The molecular weight excluding hydrogens is 314 g/mol. The number of hydrogen-bond donors (Lipinski definition) is 1. The highest BCUT2D eigenvalue weighted by atomic mass is 16.6. The van der Waals surface area contributed by atoms with Crippen LogP contribution in [0.4, 0.5) is 5.69 Å². The van der Waals surface area contributed by atoms with Crippen LogP contribution >= 0.6 is 0 Å². The van der Waals surface area contributed by atoms with Crippen LogP contribution in [0.25, 0.3) is 6.08 Å². The van der Waals surface area contributed by atoms with Gasteiger partial charge in [-0.05, 0) is 41.7 Å². The maximum absolute atomic E-state index is 12.1. The van der Waals surface area contributed by atoms with Crippen LogP contribution in [0.3, 0.4) is 0 Å². The van der Waals surface area contributed by atoms with E-state index < -0.39 is 0 Å². The molecule has 0 atom stereocenters. The Bertz CT molecular complexity index is 763. The highest BCUT2D eigenvalue weighted by Gasteiger charge is 2.12. The van der Waals surface area contributed by atoms with Crippen molar-refractivity contribution in [2.45, 2.75) is 20.3 Å². The van der Waals surface area contributed by atoms with Crippen LogP contribution in [0.2, 0.25) is 0 Å². The average Bonchev–Trinajstić information content (AvgIpc) is 2.60. The minimum absolute atomic E-state index is 0.178. The number of anilines is 1. The zero-order valence-corrected chi connectivity index (χ0v) is 14.6. The Morgan fingerprint density at radius 1 is 1.08 bits per heavy atom. The summed E-state index contributed by atoms with van der Waals surface area (Å²) < 4.78 is 11.0. The van der Waals surface area contributed by atoms with E-state index in [1.807, 2.05) is 18.2 Å². The first-order valence-electron chi connectivity index (χ1n) is 8.58. The normalized spacial score (nSPS) is 13.2. The minimum atomic E-state index is -0.178. The molecule has 1 aliphatic heterocycles. The lowest BCUT2D eigenvalue weighted by molar-refractivity contribution is -0.111. The molecule has 2 aromatic carbocycles. The summed E-state index contributed by atoms with van der Waals surface area (Å²) in [5.74, 6) is 1.83. The largest absolute Gasteiger partial charge is 0.486 e. The first-order valence-corrected chi connectivity index (χ1v) is 8.58. The van der Waals surface area contributed by atoms with Gasteiger partial charge < -0.3 is 14.8 Å². The minimum Gasteiger partial charge on any atom is -0.486 e. The Hall–Kier alpha value is -2.75. The average molecular weight is 337 g/mol. The third kappa shape index (κ3) is 4.86. The monoisotopic (exact) mass is 337 g/mol. The molecule has 130 valence electrons. The van der Waals surface area contributed by atoms with Crippen LogP contribution in [0, 0.1) is 5.92 Å². The van der Waals surface area contributed by atoms with Gasteiger partial charge >= 0.3 is 0 Å². The fourth-order valence-electron chi connectivity index (χ4n) is 2.71. The molecule has 1 N–H and O–H groups in total. The van der Waals surface area contributed by atoms with Crippen LogP contribution in [-0.2, 0) is 11.2 Å². The van der Waals surface area contributed by atoms with Crippen molar-refractivity contribution in [1.29, 1.82) is 0 Å². The van der Waals surface area contributed by atoms with Gasteiger partial charge in [-0.25, -0.2) is 0 Å². The molecule has 0 bridgehead atoms. The Balaban J connectivity index is 1.59. The van der Waals surface area contributed by atoms with E-state index in [1.165, 1.54) is 11.6 Å². The van der Waals surface area contributed by atoms with Gasteiger partial charge in [-0.15, -0.1) is 0 Å². The first-order chi connectivity index (χ1) is 12.1. The fraction of sp³-hybridized carbons (Fsp3) is 0.286. The second-order valence-electron chi connectivity index (χ2n) is 6.52. The quantitative estimate of drug-likeness (QED) is 0.827. The molecule has 0 saturated heterocycles. The van der Waals surface area contributed by atoms with Crippen molar-refractivity contribution < 1.29 is 14.3 Å². The lowest BCUT2D eigenvalue weighted by atomic mass is 10.0. The Kier molecular flexibility index (Phi) is 5.39. The maximum atomic E-state index is 12.1. The van der Waals surface area contributed by atoms with Gasteiger partial charge in [-0.2, -0.15) is 0 Å². The van der Waals surface area contributed by atoms with Gasteiger partial charge in [-0.3, -0.25) is 4.79 Å². The molecule has 0 saturated carbocycles. The van der Waals surface area contributed by atoms with Crippen LogP contribution in [0.1, 0.15) is 25.0 Å². The SMILES string of the molecule is CC(C)Cc1ccc(/C=C\C(=O)Nc2ccc3c(c2)OCCO3)cc1. The molecule has 0 fully saturated rings. The zero-order valence-electron chi connectivity index (χ0n) is 14.6. The number of fused-ring (bicyclic) bond motifs is 1. The number of carbonyl (C=O) groups excluding carboxylic acids is 1. The first kappa shape index (κ1) is 17.1. The van der Waals surface area contributed by atoms with Crippen LogP contribution in [0.5, 0.6) is 11.5 Å². The third-order valence-corrected chi connectivity index (χ3v) is 3.86. The number of amides is 1. The van der Waals surface area contributed by atoms with Gasteiger partial charge in [0.05, 0.1) is 0 Å². The highest BCUT2D eigenvalue weighted by molar-refractivity contribution is 6.02. The van der Waals surface area contributed by atoms with E-state index in [4.69, 9.17) is 9.47 Å². The van der Waals surface area contributed by atoms with Gasteiger partial charge in [0.15, 0.2) is 11.5 Å². The molecule has 1 aliphatic rings. The van der Waals surface area contributed by atoms with Crippen LogP contribution < -0.4 is 14.8 Å². The predicted molar refractivity (Wildman–Crippen MR) is 100 cm³/mol. The Morgan fingerprint density at radius 3 is 2.52 bits per heavy atom. The zero-order chi connectivity index (χ0) is 17.6. The molecule has 0 radical (unpaired) electrons. The standard InChI is InChI=1S/C21H23NO3/c1-15(2)13-17-5-3-16(4-6-17)7-10-21(23)22-18-8-9-19-20(14-18)25-12-11-24-19/h3-10,14-15H,11-13H2,1-2H3,(H,22,23)/b10-7-. The molecule has 0 aliphatic carbocycles. The summed E-state index contributed by atoms with van der Waals surface area (Å²) in [5.41, 5.74) is 3.00. The van der Waals surface area contributed by atoms with E-state index in [2.05, 4.69) is 31.3 Å². The highest BCUT2D eigenvalue weighted by Crippen LogP contribution is 2.32. The molecule has 2 aromatic rings. The summed E-state index contributed by atoms with van der Waals surface area (Å²) in [7, 11) is 0. The number of hydrogen-bond acceptors (Lipinski definition) is 3. The summed E-state index contributed by atoms with van der Waals surface area (Å²) in [6.45, 7) is 5.49. The van der Waals surface area contributed by atoms with Crippen molar-refractivity contribution in [3.8, 4) is 11.5 Å². The Labute approximate surface area is 148 Å². The van der Waals surface area contributed by atoms with Gasteiger partial charge in [-0.1, -0.05) is 38.1 Å². The van der Waals surface area contributed by atoms with Crippen molar-refractivity contribution in [3.63, 3.8) is 0 Å². The molecule has 3 rings (SSSR count). The second kappa shape index (κ2) is 7.88. The second-order valence-corrected chi connectivity index (χ2v) is 6.52. The van der Waals surface area contributed by atoms with E-state index in [1.54, 1.807) is 18.2 Å². The van der Waals surface area contributed by atoms with E-state index in [0.717, 1.165) is 12.0 Å². The topological polar surface area (TPSA) is 47.6 Å². The summed E-state index contributed by atoms with van der Waals surface area (Å²) in [4.78, 5) is 12.1. The van der Waals surface area contributed by atoms with E-state index >= 15 is 0 Å². The van der Waals surface area contributed by atoms with Crippen LogP contribution in [-0.4, -0.2) is 19.1 Å². The number of nitrogens with one attached hydrogen (secondary N) is 1. The van der Waals surface area contributed by atoms with Crippen molar-refractivity contribution >= 4 is 17.7 Å². The van der Waals surface area contributed by atoms with Gasteiger partial charge in [0.1, 0.15) is 13.2 Å². The molecule has 25 heavy (non-hydrogen) atoms. The van der Waals surface area contributed by atoms with Crippen molar-refractivity contribution in [1.82, 2.24) is 0 Å². The van der Waals surface area contributed by atoms with E-state index in [0.29, 0.717) is 36.3 Å². The van der Waals surface area contributed by atoms with E-state index in [9.17, 15) is 4.79 Å². The molecular formula is C21H23NO3. The van der Waals surface area contributed by atoms with Gasteiger partial charge in [0.25, 0.3) is 0 Å². The van der Waals surface area contributed by atoms with Crippen molar-refractivity contribution in [3.05, 3.63) is 59.7 Å². The lowest BCUT2D eigenvalue weighted by Gasteiger charge is -2.18. The number of rotatable bonds is 5. The molecule has 4 heteroatoms. The summed E-state index contributed by atoms with van der Waals surface area (Å²) in [6.07, 6.45) is 4.41. The lowest BCUT2D eigenvalue weighted by Crippen LogP contribution is -2.16. The molecule has 1 amide bonds. The molecule has 1 heterocycles. The summed E-state index contributed by atoms with van der Waals surface area (Å²) >= 11 is 0. The number of benzene rings is 2. The van der Waals surface area contributed by atoms with Gasteiger partial charge in [0.2, 0.25) is 5.91 Å². The third-order valence-electron chi connectivity index (χ3n) is 3.86. The summed E-state index contributed by atoms with van der Waals surface area (Å²) in [6, 6.07) is 13.7. The smallest absolute Gasteiger partial charge is 0.248 e. The maximum Gasteiger partial charge on any atom is 0.248 e. The van der Waals surface area contributed by atoms with Gasteiger partial charge in [0, 0.05) is 17.8 Å². The molecule has 0 spiro atoms. The molecule has 0 unspecified atom stereocenters. The Morgan fingerprint density at radius 2 is 1.80 bits per heavy atom. The number of carbonyl (C=O) groups is 1. The molecule has 0 aromatic heterocycles. The fourth-order valence-corrected chi connectivity index (χ4v) is 2.71. The van der Waals surface area contributed by atoms with Crippen LogP contribution in [0.15, 0.2) is 48.5 Å². The number of ether oxygens (including phenoxy) is 2. The van der Waals surface area contributed by atoms with Crippen molar-refractivity contribution in [2.24, 2.45) is 5.92 Å². The summed E-state index contributed by atoms with van der Waals surface area (Å²) in [5, 5.41) is 2.84. The van der Waals surface area contributed by atoms with E-state index in [-0.39, 0.29) is 5.91 Å². The molecule has 4 nitrogen and oxygen atoms in total. The van der Waals surface area contributed by atoms with Crippen molar-refractivity contribution in [2.75, 3.05) is 18.5 Å². The predicted octanol–water partition coefficient (Wildman–Crippen LogP) is 4.31.